The highest BCUT2D eigenvalue weighted by molar-refractivity contribution is 7.91. The van der Waals surface area contributed by atoms with E-state index in [1.165, 1.54) is 5.56 Å². The molecule has 0 N–H and O–H groups in total. The summed E-state index contributed by atoms with van der Waals surface area (Å²) in [5.74, 6) is 0.531. The number of imidazole rings is 1. The molecule has 2 heterocycles. The SMILES string of the molecule is CN(CCc1ccccc1)Cc1cnc(S(=O)(=O)CC2CC2)n1C[C@H]1CCCO1. The number of nitrogens with zero attached hydrogens (tertiary/aromatic N) is 3. The van der Waals surface area contributed by atoms with E-state index in [1.54, 1.807) is 6.20 Å². The second-order valence-corrected chi connectivity index (χ2v) is 10.4. The summed E-state index contributed by atoms with van der Waals surface area (Å²) >= 11 is 0. The predicted molar refractivity (Wildman–Crippen MR) is 112 cm³/mol. The molecule has 4 rings (SSSR count). The molecule has 0 unspecified atom stereocenters. The highest BCUT2D eigenvalue weighted by Gasteiger charge is 2.33. The molecule has 1 atom stereocenters. The molecule has 0 spiro atoms. The second-order valence-electron chi connectivity index (χ2n) is 8.48. The van der Waals surface area contributed by atoms with E-state index >= 15 is 0 Å². The van der Waals surface area contributed by atoms with Crippen molar-refractivity contribution < 1.29 is 13.2 Å². The Bertz CT molecular complexity index is 901. The van der Waals surface area contributed by atoms with Crippen LogP contribution in [0.5, 0.6) is 0 Å². The first-order chi connectivity index (χ1) is 14.0. The third kappa shape index (κ3) is 5.47. The van der Waals surface area contributed by atoms with Gasteiger partial charge in [0.2, 0.25) is 15.0 Å². The van der Waals surface area contributed by atoms with Crippen molar-refractivity contribution in [3.05, 3.63) is 47.8 Å². The van der Waals surface area contributed by atoms with Crippen molar-refractivity contribution in [2.45, 2.75) is 56.5 Å². The number of hydrogen-bond donors (Lipinski definition) is 0. The van der Waals surface area contributed by atoms with Gasteiger partial charge in [-0.3, -0.25) is 0 Å². The molecule has 1 saturated carbocycles. The van der Waals surface area contributed by atoms with Crippen LogP contribution >= 0.6 is 0 Å². The molecule has 2 aliphatic rings. The van der Waals surface area contributed by atoms with Crippen LogP contribution in [0, 0.1) is 5.92 Å². The van der Waals surface area contributed by atoms with Gasteiger partial charge in [0.1, 0.15) is 0 Å². The van der Waals surface area contributed by atoms with Gasteiger partial charge in [0.05, 0.1) is 30.3 Å². The lowest BCUT2D eigenvalue weighted by Crippen LogP contribution is -2.26. The Morgan fingerprint density at radius 2 is 2.00 bits per heavy atom. The van der Waals surface area contributed by atoms with E-state index < -0.39 is 9.84 Å². The molecule has 0 bridgehead atoms. The molecule has 2 aromatic rings. The quantitative estimate of drug-likeness (QED) is 0.595. The number of rotatable bonds is 10. The molecule has 2 fully saturated rings. The molecule has 7 heteroatoms. The van der Waals surface area contributed by atoms with E-state index in [-0.39, 0.29) is 17.0 Å². The normalized spacial score (nSPS) is 19.9. The van der Waals surface area contributed by atoms with Crippen LogP contribution in [0.2, 0.25) is 0 Å². The average Bonchev–Trinajstić information content (AvgIpc) is 3.18. The third-order valence-electron chi connectivity index (χ3n) is 5.80. The lowest BCUT2D eigenvalue weighted by Gasteiger charge is -2.20. The molecule has 1 aliphatic carbocycles. The van der Waals surface area contributed by atoms with Crippen molar-refractivity contribution in [2.75, 3.05) is 26.0 Å². The Balaban J connectivity index is 1.48. The smallest absolute Gasteiger partial charge is 0.227 e. The molecule has 1 aliphatic heterocycles. The summed E-state index contributed by atoms with van der Waals surface area (Å²) in [5, 5.41) is 0.228. The molecule has 1 aromatic heterocycles. The number of benzene rings is 1. The van der Waals surface area contributed by atoms with E-state index in [2.05, 4.69) is 41.2 Å². The lowest BCUT2D eigenvalue weighted by molar-refractivity contribution is 0.0934. The van der Waals surface area contributed by atoms with Gasteiger partial charge in [0, 0.05) is 19.7 Å². The lowest BCUT2D eigenvalue weighted by atomic mass is 10.1. The maximum absolute atomic E-state index is 12.9. The number of sulfone groups is 1. The Labute approximate surface area is 173 Å². The number of likely N-dealkylation sites (N-methyl/N-ethyl adjacent to an activating group) is 1. The first-order valence-electron chi connectivity index (χ1n) is 10.6. The molecule has 29 heavy (non-hydrogen) atoms. The van der Waals surface area contributed by atoms with Gasteiger partial charge in [0.25, 0.3) is 0 Å². The summed E-state index contributed by atoms with van der Waals surface area (Å²) in [6.45, 7) is 2.90. The Kier molecular flexibility index (Phi) is 6.37. The Hall–Kier alpha value is -1.70. The summed E-state index contributed by atoms with van der Waals surface area (Å²) in [6.07, 6.45) is 6.83. The third-order valence-corrected chi connectivity index (χ3v) is 7.59. The Morgan fingerprint density at radius 1 is 1.21 bits per heavy atom. The summed E-state index contributed by atoms with van der Waals surface area (Å²) < 4.78 is 33.6. The minimum absolute atomic E-state index is 0.0763. The van der Waals surface area contributed by atoms with Gasteiger partial charge < -0.3 is 14.2 Å². The van der Waals surface area contributed by atoms with Gasteiger partial charge in [-0.25, -0.2) is 13.4 Å². The molecule has 0 radical (unpaired) electrons. The number of aromatic nitrogens is 2. The van der Waals surface area contributed by atoms with Crippen LogP contribution in [0.3, 0.4) is 0 Å². The summed E-state index contributed by atoms with van der Waals surface area (Å²) in [4.78, 5) is 6.60. The molecule has 6 nitrogen and oxygen atoms in total. The first-order valence-corrected chi connectivity index (χ1v) is 12.3. The van der Waals surface area contributed by atoms with Crippen molar-refractivity contribution in [1.29, 1.82) is 0 Å². The van der Waals surface area contributed by atoms with E-state index in [4.69, 9.17) is 4.74 Å². The van der Waals surface area contributed by atoms with Gasteiger partial charge in [-0.1, -0.05) is 30.3 Å². The highest BCUT2D eigenvalue weighted by Crippen LogP contribution is 2.32. The monoisotopic (exact) mass is 417 g/mol. The maximum atomic E-state index is 12.9. The zero-order chi connectivity index (χ0) is 20.3. The van der Waals surface area contributed by atoms with E-state index in [0.29, 0.717) is 19.0 Å². The average molecular weight is 418 g/mol. The van der Waals surface area contributed by atoms with Crippen LogP contribution in [0.4, 0.5) is 0 Å². The molecular formula is C22H31N3O3S. The van der Waals surface area contributed by atoms with E-state index in [0.717, 1.165) is 50.9 Å². The van der Waals surface area contributed by atoms with Crippen LogP contribution in [0.15, 0.2) is 41.7 Å². The fraction of sp³-hybridized carbons (Fsp3) is 0.591. The van der Waals surface area contributed by atoms with Crippen molar-refractivity contribution in [1.82, 2.24) is 14.5 Å². The molecule has 1 aromatic carbocycles. The van der Waals surface area contributed by atoms with Crippen LogP contribution < -0.4 is 0 Å². The van der Waals surface area contributed by atoms with Crippen molar-refractivity contribution in [2.24, 2.45) is 5.92 Å². The molecule has 1 saturated heterocycles. The first kappa shape index (κ1) is 20.6. The van der Waals surface area contributed by atoms with Crippen LogP contribution in [0.25, 0.3) is 0 Å². The summed E-state index contributed by atoms with van der Waals surface area (Å²) in [7, 11) is -1.29. The molecule has 158 valence electrons. The van der Waals surface area contributed by atoms with Gasteiger partial charge in [-0.2, -0.15) is 0 Å². The van der Waals surface area contributed by atoms with Crippen molar-refractivity contribution >= 4 is 9.84 Å². The van der Waals surface area contributed by atoms with Crippen LogP contribution in [-0.4, -0.2) is 54.9 Å². The fourth-order valence-corrected chi connectivity index (χ4v) is 5.79. The van der Waals surface area contributed by atoms with Gasteiger partial charge in [-0.15, -0.1) is 0 Å². The van der Waals surface area contributed by atoms with Gasteiger partial charge in [-0.05, 0) is 50.6 Å². The largest absolute Gasteiger partial charge is 0.376 e. The highest BCUT2D eigenvalue weighted by atomic mass is 32.2. The predicted octanol–water partition coefficient (Wildman–Crippen LogP) is 2.92. The summed E-state index contributed by atoms with van der Waals surface area (Å²) in [6, 6.07) is 10.4. The van der Waals surface area contributed by atoms with Crippen LogP contribution in [-0.2, 0) is 34.1 Å². The zero-order valence-electron chi connectivity index (χ0n) is 17.2. The molecule has 0 amide bonds. The van der Waals surface area contributed by atoms with Crippen molar-refractivity contribution in [3.63, 3.8) is 0 Å². The van der Waals surface area contributed by atoms with Gasteiger partial charge in [0.15, 0.2) is 0 Å². The summed E-state index contributed by atoms with van der Waals surface area (Å²) in [5.41, 5.74) is 2.25. The van der Waals surface area contributed by atoms with E-state index in [1.807, 2.05) is 10.6 Å². The van der Waals surface area contributed by atoms with E-state index in [9.17, 15) is 8.42 Å². The standard InChI is InChI=1S/C22H31N3O3S/c1-24(12-11-18-6-3-2-4-7-18)15-20-14-23-22(29(26,27)17-19-9-10-19)25(20)16-21-8-5-13-28-21/h2-4,6-7,14,19,21H,5,8-13,15-17H2,1H3/t21-/m1/s1. The number of hydrogen-bond acceptors (Lipinski definition) is 5. The Morgan fingerprint density at radius 3 is 2.69 bits per heavy atom. The number of ether oxygens (including phenoxy) is 1. The maximum Gasteiger partial charge on any atom is 0.227 e. The zero-order valence-corrected chi connectivity index (χ0v) is 18.0. The molecular weight excluding hydrogens is 386 g/mol. The minimum Gasteiger partial charge on any atom is -0.376 e. The topological polar surface area (TPSA) is 64.4 Å². The second kappa shape index (κ2) is 8.98. The fourth-order valence-electron chi connectivity index (χ4n) is 3.94. The van der Waals surface area contributed by atoms with Crippen molar-refractivity contribution in [3.8, 4) is 0 Å². The van der Waals surface area contributed by atoms with Crippen LogP contribution in [0.1, 0.15) is 36.9 Å². The minimum atomic E-state index is -3.36. The van der Waals surface area contributed by atoms with Gasteiger partial charge >= 0.3 is 0 Å².